The molecule has 0 heterocycles. The molecular formula is C14H18FN3S. The number of benzene rings is 1. The molecule has 3 nitrogen and oxygen atoms in total. The van der Waals surface area contributed by atoms with Crippen molar-refractivity contribution in [3.63, 3.8) is 0 Å². The highest BCUT2D eigenvalue weighted by atomic mass is 32.2. The molecule has 1 fully saturated rings. The number of amidine groups is 1. The van der Waals surface area contributed by atoms with Gasteiger partial charge in [-0.05, 0) is 36.5 Å². The van der Waals surface area contributed by atoms with E-state index in [1.54, 1.807) is 13.1 Å². The second-order valence-electron chi connectivity index (χ2n) is 5.29. The zero-order valence-electron chi connectivity index (χ0n) is 11.1. The highest BCUT2D eigenvalue weighted by Crippen LogP contribution is 2.49. The smallest absolute Gasteiger partial charge is 0.112 e. The Hall–Kier alpha value is -1.36. The number of likely N-dealkylation sites (N-methyl/N-ethyl adjacent to an activating group) is 1. The first-order valence-corrected chi connectivity index (χ1v) is 6.97. The van der Waals surface area contributed by atoms with Crippen LogP contribution in [0.25, 0.3) is 0 Å². The highest BCUT2D eigenvalue weighted by Gasteiger charge is 2.48. The van der Waals surface area contributed by atoms with Gasteiger partial charge in [-0.25, -0.2) is 0 Å². The molecule has 0 aliphatic heterocycles. The number of hydrogen-bond donors (Lipinski definition) is 2. The van der Waals surface area contributed by atoms with Crippen molar-refractivity contribution in [1.29, 1.82) is 10.8 Å². The predicted octanol–water partition coefficient (Wildman–Crippen LogP) is 3.85. The quantitative estimate of drug-likeness (QED) is 0.649. The Kier molecular flexibility index (Phi) is 3.94. The van der Waals surface area contributed by atoms with Crippen LogP contribution >= 0.6 is 12.1 Å². The van der Waals surface area contributed by atoms with E-state index in [2.05, 4.69) is 6.92 Å². The van der Waals surface area contributed by atoms with Gasteiger partial charge in [0.1, 0.15) is 5.84 Å². The van der Waals surface area contributed by atoms with E-state index in [4.69, 9.17) is 10.8 Å². The molecule has 1 aromatic rings. The lowest BCUT2D eigenvalue weighted by Crippen LogP contribution is -2.52. The zero-order valence-corrected chi connectivity index (χ0v) is 11.9. The molecule has 5 heteroatoms. The number of halogens is 1. The first kappa shape index (κ1) is 14.1. The lowest BCUT2D eigenvalue weighted by atomic mass is 9.58. The lowest BCUT2D eigenvalue weighted by Gasteiger charge is -2.48. The molecule has 0 spiro atoms. The van der Waals surface area contributed by atoms with Crippen molar-refractivity contribution in [2.24, 2.45) is 5.92 Å². The van der Waals surface area contributed by atoms with Gasteiger partial charge in [-0.2, -0.15) is 3.89 Å². The minimum atomic E-state index is -0.364. The van der Waals surface area contributed by atoms with Crippen LogP contribution < -0.4 is 0 Å². The summed E-state index contributed by atoms with van der Waals surface area (Å²) in [6.45, 7) is 2.16. The molecule has 0 aromatic heterocycles. The zero-order chi connectivity index (χ0) is 14.0. The van der Waals surface area contributed by atoms with Crippen LogP contribution in [0.3, 0.4) is 0 Å². The molecule has 0 saturated heterocycles. The second-order valence-corrected chi connectivity index (χ2v) is 5.91. The Morgan fingerprint density at radius 3 is 2.74 bits per heavy atom. The molecule has 1 aliphatic rings. The second kappa shape index (κ2) is 5.33. The van der Waals surface area contributed by atoms with Crippen LogP contribution in [0.4, 0.5) is 3.89 Å². The fourth-order valence-electron chi connectivity index (χ4n) is 2.94. The highest BCUT2D eigenvalue weighted by molar-refractivity contribution is 7.94. The minimum Gasteiger partial charge on any atom is -0.324 e. The van der Waals surface area contributed by atoms with Gasteiger partial charge in [-0.3, -0.25) is 10.8 Å². The average Bonchev–Trinajstić information content (AvgIpc) is 2.42. The summed E-state index contributed by atoms with van der Waals surface area (Å²) in [6.07, 6.45) is 2.91. The van der Waals surface area contributed by atoms with Gasteiger partial charge in [0.2, 0.25) is 0 Å². The first-order chi connectivity index (χ1) is 9.03. The van der Waals surface area contributed by atoms with Crippen molar-refractivity contribution >= 4 is 24.3 Å². The SMILES string of the molecule is CC1CC(C(=N)N(C)C=N)(c2cccc(SF)c2)C1. The Balaban J connectivity index is 2.39. The van der Waals surface area contributed by atoms with E-state index in [1.807, 2.05) is 18.2 Å². The predicted molar refractivity (Wildman–Crippen MR) is 77.8 cm³/mol. The van der Waals surface area contributed by atoms with E-state index in [1.165, 1.54) is 4.90 Å². The van der Waals surface area contributed by atoms with Gasteiger partial charge in [-0.15, -0.1) is 0 Å². The van der Waals surface area contributed by atoms with Crippen LogP contribution in [0, 0.1) is 16.7 Å². The van der Waals surface area contributed by atoms with E-state index in [0.717, 1.165) is 24.7 Å². The molecule has 19 heavy (non-hydrogen) atoms. The molecule has 0 amide bonds. The number of hydrogen-bond acceptors (Lipinski definition) is 3. The van der Waals surface area contributed by atoms with Crippen LogP contribution in [-0.2, 0) is 5.41 Å². The maximum atomic E-state index is 12.7. The number of rotatable bonds is 4. The van der Waals surface area contributed by atoms with E-state index in [0.29, 0.717) is 16.6 Å². The van der Waals surface area contributed by atoms with Crippen LogP contribution in [0.2, 0.25) is 0 Å². The average molecular weight is 279 g/mol. The van der Waals surface area contributed by atoms with Crippen LogP contribution in [0.5, 0.6) is 0 Å². The monoisotopic (exact) mass is 279 g/mol. The summed E-state index contributed by atoms with van der Waals surface area (Å²) >= 11 is 0.231. The standard InChI is InChI=1S/C14H18FN3S/c1-10-7-14(8-10,13(17)18(2)9-16)11-4-3-5-12(6-11)19-15/h3-6,9-10,16-17H,7-8H2,1-2H3. The number of nitrogens with zero attached hydrogens (tertiary/aromatic N) is 1. The maximum Gasteiger partial charge on any atom is 0.112 e. The van der Waals surface area contributed by atoms with E-state index >= 15 is 0 Å². The van der Waals surface area contributed by atoms with Gasteiger partial charge in [0.05, 0.1) is 23.9 Å². The normalized spacial score (nSPS) is 25.5. The Morgan fingerprint density at radius 1 is 1.53 bits per heavy atom. The van der Waals surface area contributed by atoms with Crippen molar-refractivity contribution in [2.45, 2.75) is 30.1 Å². The van der Waals surface area contributed by atoms with Crippen LogP contribution in [0.15, 0.2) is 29.2 Å². The third kappa shape index (κ3) is 2.39. The van der Waals surface area contributed by atoms with Gasteiger partial charge in [0, 0.05) is 11.9 Å². The van der Waals surface area contributed by atoms with Crippen molar-refractivity contribution in [1.82, 2.24) is 4.90 Å². The molecule has 102 valence electrons. The topological polar surface area (TPSA) is 50.9 Å². The lowest BCUT2D eigenvalue weighted by molar-refractivity contribution is 0.217. The van der Waals surface area contributed by atoms with Crippen LogP contribution in [0.1, 0.15) is 25.3 Å². The fraction of sp³-hybridized carbons (Fsp3) is 0.429. The van der Waals surface area contributed by atoms with Crippen molar-refractivity contribution < 1.29 is 3.89 Å². The third-order valence-corrected chi connectivity index (χ3v) is 4.30. The fourth-order valence-corrected chi connectivity index (χ4v) is 3.24. The first-order valence-electron chi connectivity index (χ1n) is 6.25. The molecule has 0 bridgehead atoms. The minimum absolute atomic E-state index is 0.231. The van der Waals surface area contributed by atoms with E-state index in [-0.39, 0.29) is 17.6 Å². The molecule has 2 rings (SSSR count). The van der Waals surface area contributed by atoms with E-state index in [9.17, 15) is 3.89 Å². The summed E-state index contributed by atoms with van der Waals surface area (Å²) in [6, 6.07) is 7.34. The van der Waals surface area contributed by atoms with Gasteiger partial charge >= 0.3 is 0 Å². The largest absolute Gasteiger partial charge is 0.324 e. The molecule has 1 aromatic carbocycles. The Labute approximate surface area is 117 Å². The van der Waals surface area contributed by atoms with Crippen LogP contribution in [-0.4, -0.2) is 24.1 Å². The Bertz CT molecular complexity index is 497. The summed E-state index contributed by atoms with van der Waals surface area (Å²) in [7, 11) is 1.72. The molecule has 0 radical (unpaired) electrons. The molecule has 0 atom stereocenters. The molecule has 2 N–H and O–H groups in total. The molecule has 0 unspecified atom stereocenters. The summed E-state index contributed by atoms with van der Waals surface area (Å²) < 4.78 is 12.7. The summed E-state index contributed by atoms with van der Waals surface area (Å²) in [5.41, 5.74) is 0.615. The van der Waals surface area contributed by atoms with Gasteiger partial charge in [0.25, 0.3) is 0 Å². The van der Waals surface area contributed by atoms with Crippen molar-refractivity contribution in [3.8, 4) is 0 Å². The van der Waals surface area contributed by atoms with Crippen molar-refractivity contribution in [3.05, 3.63) is 29.8 Å². The van der Waals surface area contributed by atoms with Gasteiger partial charge < -0.3 is 4.90 Å². The maximum absolute atomic E-state index is 12.7. The van der Waals surface area contributed by atoms with E-state index < -0.39 is 0 Å². The summed E-state index contributed by atoms with van der Waals surface area (Å²) in [5.74, 6) is 0.975. The molecule has 1 aliphatic carbocycles. The van der Waals surface area contributed by atoms with Crippen molar-refractivity contribution in [2.75, 3.05) is 7.05 Å². The van der Waals surface area contributed by atoms with Gasteiger partial charge in [-0.1, -0.05) is 19.1 Å². The van der Waals surface area contributed by atoms with Gasteiger partial charge in [0.15, 0.2) is 0 Å². The Morgan fingerprint density at radius 2 is 2.21 bits per heavy atom. The number of nitrogens with one attached hydrogen (secondary N) is 2. The summed E-state index contributed by atoms with van der Waals surface area (Å²) in [5, 5.41) is 15.6. The third-order valence-electron chi connectivity index (χ3n) is 3.87. The molecule has 1 saturated carbocycles. The summed E-state index contributed by atoms with van der Waals surface area (Å²) in [4.78, 5) is 2.10. The molecular weight excluding hydrogens is 261 g/mol.